The monoisotopic (exact) mass is 352 g/mol. The van der Waals surface area contributed by atoms with Crippen molar-refractivity contribution in [3.8, 4) is 5.13 Å². The Morgan fingerprint density at radius 3 is 2.96 bits per heavy atom. The summed E-state index contributed by atoms with van der Waals surface area (Å²) in [6, 6.07) is 12.1. The van der Waals surface area contributed by atoms with Crippen LogP contribution in [0.2, 0.25) is 0 Å². The summed E-state index contributed by atoms with van der Waals surface area (Å²) in [6.45, 7) is 0. The Morgan fingerprint density at radius 2 is 2.12 bits per heavy atom. The van der Waals surface area contributed by atoms with E-state index in [1.807, 2.05) is 41.9 Å². The molecule has 0 aliphatic carbocycles. The van der Waals surface area contributed by atoms with Gasteiger partial charge in [-0.05, 0) is 23.6 Å². The average molecular weight is 352 g/mol. The summed E-state index contributed by atoms with van der Waals surface area (Å²) in [7, 11) is 0. The van der Waals surface area contributed by atoms with Crippen molar-refractivity contribution in [1.82, 2.24) is 14.8 Å². The van der Waals surface area contributed by atoms with Crippen LogP contribution in [0.15, 0.2) is 48.0 Å². The number of nitrogens with zero attached hydrogens (tertiary/aromatic N) is 3. The van der Waals surface area contributed by atoms with E-state index in [0.717, 1.165) is 26.7 Å². The lowest BCUT2D eigenvalue weighted by Gasteiger charge is -2.22. The molecule has 1 N–H and O–H groups in total. The molecule has 1 amide bonds. The molecular formula is C17H12N4OS2. The summed E-state index contributed by atoms with van der Waals surface area (Å²) in [5.74, 6) is 0.823. The number of hydrogen-bond acceptors (Lipinski definition) is 5. The predicted octanol–water partition coefficient (Wildman–Crippen LogP) is 4.02. The number of hydrogen-bond donors (Lipinski definition) is 1. The molecule has 1 atom stereocenters. The van der Waals surface area contributed by atoms with Gasteiger partial charge in [0.2, 0.25) is 11.0 Å². The van der Waals surface area contributed by atoms with Crippen LogP contribution in [0.1, 0.15) is 22.8 Å². The summed E-state index contributed by atoms with van der Waals surface area (Å²) in [5.41, 5.74) is 2.00. The molecule has 0 saturated carbocycles. The molecule has 3 aromatic heterocycles. The molecule has 1 aliphatic heterocycles. The summed E-state index contributed by atoms with van der Waals surface area (Å²) in [6.07, 6.45) is 2.31. The number of carbonyl (C=O) groups is 1. The molecule has 118 valence electrons. The first-order chi connectivity index (χ1) is 11.8. The lowest BCUT2D eigenvalue weighted by Crippen LogP contribution is -2.24. The maximum absolute atomic E-state index is 12.2. The first-order valence-electron chi connectivity index (χ1n) is 7.57. The van der Waals surface area contributed by atoms with E-state index >= 15 is 0 Å². The highest BCUT2D eigenvalue weighted by Crippen LogP contribution is 2.40. The number of fused-ring (bicyclic) bond motifs is 2. The first kappa shape index (κ1) is 13.9. The summed E-state index contributed by atoms with van der Waals surface area (Å²) < 4.78 is 2.85. The zero-order chi connectivity index (χ0) is 16.1. The lowest BCUT2D eigenvalue weighted by atomic mass is 9.93. The third kappa shape index (κ3) is 2.09. The Kier molecular flexibility index (Phi) is 3.04. The van der Waals surface area contributed by atoms with E-state index in [9.17, 15) is 4.79 Å². The van der Waals surface area contributed by atoms with Crippen molar-refractivity contribution in [3.05, 3.63) is 58.4 Å². The Bertz CT molecular complexity index is 1010. The predicted molar refractivity (Wildman–Crippen MR) is 96.2 cm³/mol. The number of rotatable bonds is 2. The van der Waals surface area contributed by atoms with Crippen LogP contribution in [0.4, 0.5) is 5.82 Å². The van der Waals surface area contributed by atoms with Gasteiger partial charge >= 0.3 is 0 Å². The van der Waals surface area contributed by atoms with Gasteiger partial charge in [-0.2, -0.15) is 9.78 Å². The molecule has 24 heavy (non-hydrogen) atoms. The number of anilines is 1. The van der Waals surface area contributed by atoms with E-state index in [0.29, 0.717) is 6.42 Å². The molecule has 1 aliphatic rings. The van der Waals surface area contributed by atoms with Gasteiger partial charge in [-0.1, -0.05) is 29.5 Å². The lowest BCUT2D eigenvalue weighted by molar-refractivity contribution is -0.116. The van der Waals surface area contributed by atoms with Gasteiger partial charge in [0.15, 0.2) is 0 Å². The molecule has 0 bridgehead atoms. The second kappa shape index (κ2) is 5.25. The maximum atomic E-state index is 12.2. The van der Waals surface area contributed by atoms with Crippen molar-refractivity contribution in [1.29, 1.82) is 0 Å². The smallest absolute Gasteiger partial charge is 0.226 e. The van der Waals surface area contributed by atoms with Crippen molar-refractivity contribution < 1.29 is 4.79 Å². The normalized spacial score (nSPS) is 17.0. The molecule has 0 radical (unpaired) electrons. The molecule has 1 aromatic carbocycles. The molecule has 5 rings (SSSR count). The van der Waals surface area contributed by atoms with Gasteiger partial charge in [0.1, 0.15) is 5.82 Å². The molecule has 0 unspecified atom stereocenters. The molecule has 0 saturated heterocycles. The van der Waals surface area contributed by atoms with Crippen molar-refractivity contribution in [3.63, 3.8) is 0 Å². The third-order valence-corrected chi connectivity index (χ3v) is 6.17. The zero-order valence-corrected chi connectivity index (χ0v) is 14.1. The molecule has 0 spiro atoms. The van der Waals surface area contributed by atoms with E-state index in [2.05, 4.69) is 21.5 Å². The SMILES string of the molecule is O=C1C[C@H](c2cccs2)c2cnn(-c3nc4ccccc4s3)c2N1. The second-order valence-electron chi connectivity index (χ2n) is 5.64. The summed E-state index contributed by atoms with van der Waals surface area (Å²) in [5, 5.41) is 10.3. The van der Waals surface area contributed by atoms with Crippen molar-refractivity contribution in [2.45, 2.75) is 12.3 Å². The van der Waals surface area contributed by atoms with Crippen LogP contribution < -0.4 is 5.32 Å². The van der Waals surface area contributed by atoms with E-state index in [-0.39, 0.29) is 11.8 Å². The Balaban J connectivity index is 1.66. The summed E-state index contributed by atoms with van der Waals surface area (Å²) >= 11 is 3.24. The number of carbonyl (C=O) groups excluding carboxylic acids is 1. The van der Waals surface area contributed by atoms with E-state index in [4.69, 9.17) is 0 Å². The highest BCUT2D eigenvalue weighted by Gasteiger charge is 2.31. The number of nitrogens with one attached hydrogen (secondary N) is 1. The first-order valence-corrected chi connectivity index (χ1v) is 9.26. The Hall–Kier alpha value is -2.51. The zero-order valence-electron chi connectivity index (χ0n) is 12.5. The number of para-hydroxylation sites is 1. The molecule has 0 fully saturated rings. The number of aromatic nitrogens is 3. The molecular weight excluding hydrogens is 340 g/mol. The fourth-order valence-electron chi connectivity index (χ4n) is 3.06. The van der Waals surface area contributed by atoms with E-state index < -0.39 is 0 Å². The highest BCUT2D eigenvalue weighted by atomic mass is 32.1. The quantitative estimate of drug-likeness (QED) is 0.593. The van der Waals surface area contributed by atoms with Gasteiger partial charge in [0, 0.05) is 22.8 Å². The number of amides is 1. The minimum Gasteiger partial charge on any atom is -0.310 e. The van der Waals surface area contributed by atoms with E-state index in [1.54, 1.807) is 27.4 Å². The van der Waals surface area contributed by atoms with Gasteiger partial charge in [-0.3, -0.25) is 4.79 Å². The van der Waals surface area contributed by atoms with E-state index in [1.165, 1.54) is 4.88 Å². The van der Waals surface area contributed by atoms with Crippen LogP contribution in [0.3, 0.4) is 0 Å². The molecule has 7 heteroatoms. The average Bonchev–Trinajstić information content (AvgIpc) is 3.32. The fraction of sp³-hybridized carbons (Fsp3) is 0.118. The van der Waals surface area contributed by atoms with Gasteiger partial charge in [0.25, 0.3) is 0 Å². The van der Waals surface area contributed by atoms with Crippen molar-refractivity contribution in [2.24, 2.45) is 0 Å². The highest BCUT2D eigenvalue weighted by molar-refractivity contribution is 7.20. The Labute approximate surface area is 145 Å². The minimum absolute atomic E-state index is 0.0174. The molecule has 4 heterocycles. The number of benzene rings is 1. The van der Waals surface area contributed by atoms with Crippen LogP contribution in [-0.4, -0.2) is 20.7 Å². The summed E-state index contributed by atoms with van der Waals surface area (Å²) in [4.78, 5) is 18.1. The van der Waals surface area contributed by atoms with Gasteiger partial charge in [0.05, 0.1) is 16.4 Å². The number of thiophene rings is 1. The van der Waals surface area contributed by atoms with Gasteiger partial charge in [-0.25, -0.2) is 4.98 Å². The topological polar surface area (TPSA) is 59.8 Å². The molecule has 5 nitrogen and oxygen atoms in total. The molecule has 4 aromatic rings. The van der Waals surface area contributed by atoms with Crippen LogP contribution in [-0.2, 0) is 4.79 Å². The number of thiazole rings is 1. The van der Waals surface area contributed by atoms with Crippen LogP contribution in [0, 0.1) is 0 Å². The largest absolute Gasteiger partial charge is 0.310 e. The van der Waals surface area contributed by atoms with Crippen molar-refractivity contribution >= 4 is 44.6 Å². The van der Waals surface area contributed by atoms with Crippen LogP contribution in [0.25, 0.3) is 15.3 Å². The van der Waals surface area contributed by atoms with Gasteiger partial charge in [-0.15, -0.1) is 11.3 Å². The third-order valence-electron chi connectivity index (χ3n) is 4.17. The fourth-order valence-corrected chi connectivity index (χ4v) is 4.84. The van der Waals surface area contributed by atoms with Crippen LogP contribution in [0.5, 0.6) is 0 Å². The second-order valence-corrected chi connectivity index (χ2v) is 7.63. The Morgan fingerprint density at radius 1 is 1.21 bits per heavy atom. The maximum Gasteiger partial charge on any atom is 0.226 e. The van der Waals surface area contributed by atoms with Gasteiger partial charge < -0.3 is 5.32 Å². The standard InChI is InChI=1S/C17H12N4OS2/c22-15-8-10(13-6-3-7-23-13)11-9-18-21(16(11)20-15)17-19-12-4-1-2-5-14(12)24-17/h1-7,9-10H,8H2,(H,20,22)/t10-/m0/s1. The minimum atomic E-state index is 0.0174. The van der Waals surface area contributed by atoms with Crippen molar-refractivity contribution in [2.75, 3.05) is 5.32 Å². The van der Waals surface area contributed by atoms with Crippen LogP contribution >= 0.6 is 22.7 Å².